The molecule has 1 aromatic heterocycles. The van der Waals surface area contributed by atoms with Crippen LogP contribution in [0.3, 0.4) is 0 Å². The maximum absolute atomic E-state index is 5.15. The number of aryl methyl sites for hydroxylation is 1. The second-order valence-electron chi connectivity index (χ2n) is 6.91. The van der Waals surface area contributed by atoms with Crippen molar-refractivity contribution in [3.63, 3.8) is 0 Å². The van der Waals surface area contributed by atoms with E-state index >= 15 is 0 Å². The molecule has 4 nitrogen and oxygen atoms in total. The largest absolute Gasteiger partial charge is 0.341 e. The monoisotopic (exact) mass is 396 g/mol. The van der Waals surface area contributed by atoms with Gasteiger partial charge in [0.25, 0.3) is 0 Å². The molecule has 150 valence electrons. The average molecular weight is 396 g/mol. The molecule has 0 atom stereocenters. The summed E-state index contributed by atoms with van der Waals surface area (Å²) in [6.07, 6.45) is 5.49. The van der Waals surface area contributed by atoms with Gasteiger partial charge in [0.15, 0.2) is 0 Å². The number of hydrogen-bond acceptors (Lipinski definition) is 3. The summed E-state index contributed by atoms with van der Waals surface area (Å²) >= 11 is 0. The van der Waals surface area contributed by atoms with Gasteiger partial charge in [-0.05, 0) is 53.6 Å². The summed E-state index contributed by atoms with van der Waals surface area (Å²) in [5.74, 6) is 0. The van der Waals surface area contributed by atoms with E-state index in [0.29, 0.717) is 12.3 Å². The molecule has 0 bridgehead atoms. The first-order chi connectivity index (χ1) is 14.8. The molecule has 0 N–H and O–H groups in total. The lowest BCUT2D eigenvalue weighted by Gasteiger charge is -2.03. The predicted molar refractivity (Wildman–Crippen MR) is 124 cm³/mol. The molecule has 0 amide bonds. The van der Waals surface area contributed by atoms with Crippen molar-refractivity contribution in [3.05, 3.63) is 103 Å². The molecule has 0 unspecified atom stereocenters. The van der Waals surface area contributed by atoms with Crippen LogP contribution in [0, 0.1) is 0 Å². The molecular weight excluding hydrogens is 372 g/mol. The summed E-state index contributed by atoms with van der Waals surface area (Å²) in [4.78, 5) is 10.1. The lowest BCUT2D eigenvalue weighted by Crippen LogP contribution is -1.94. The van der Waals surface area contributed by atoms with E-state index < -0.39 is 0 Å². The molecule has 0 aliphatic carbocycles. The molecule has 30 heavy (non-hydrogen) atoms. The Kier molecular flexibility index (Phi) is 6.06. The van der Waals surface area contributed by atoms with Crippen molar-refractivity contribution in [3.8, 4) is 0 Å². The van der Waals surface area contributed by atoms with Crippen molar-refractivity contribution < 1.29 is 9.88 Å². The second-order valence-corrected chi connectivity index (χ2v) is 6.91. The van der Waals surface area contributed by atoms with Crippen molar-refractivity contribution in [2.24, 2.45) is 5.16 Å². The molecule has 0 saturated carbocycles. The minimum absolute atomic E-state index is 0.330. The molecule has 4 heteroatoms. The highest BCUT2D eigenvalue weighted by Crippen LogP contribution is 2.29. The van der Waals surface area contributed by atoms with Crippen molar-refractivity contribution >= 4 is 33.6 Å². The van der Waals surface area contributed by atoms with Gasteiger partial charge in [-0.1, -0.05) is 67.3 Å². The summed E-state index contributed by atoms with van der Waals surface area (Å²) < 4.78 is 2.34. The van der Waals surface area contributed by atoms with Crippen molar-refractivity contribution in [2.75, 3.05) is 0 Å². The third-order valence-electron chi connectivity index (χ3n) is 5.03. The number of benzene rings is 3. The normalized spacial score (nSPS) is 12.1. The Balaban J connectivity index is 1.50. The smallest absolute Gasteiger partial charge is 0.122 e. The molecule has 0 spiro atoms. The van der Waals surface area contributed by atoms with Gasteiger partial charge in [0.2, 0.25) is 0 Å². The van der Waals surface area contributed by atoms with Crippen LogP contribution in [0.2, 0.25) is 0 Å². The summed E-state index contributed by atoms with van der Waals surface area (Å²) in [5, 5.41) is 6.50. The highest BCUT2D eigenvalue weighted by atomic mass is 17.3. The summed E-state index contributed by atoms with van der Waals surface area (Å²) in [7, 11) is 0. The number of rotatable bonds is 8. The van der Waals surface area contributed by atoms with E-state index in [9.17, 15) is 0 Å². The van der Waals surface area contributed by atoms with Gasteiger partial charge in [-0.25, -0.2) is 4.99 Å². The number of para-hydroxylation sites is 1. The Morgan fingerprint density at radius 3 is 2.53 bits per heavy atom. The fourth-order valence-electron chi connectivity index (χ4n) is 3.57. The Hall–Kier alpha value is -3.63. The number of allylic oxidation sites excluding steroid dienone is 2. The van der Waals surface area contributed by atoms with Crippen molar-refractivity contribution in [2.45, 2.75) is 20.1 Å². The second kappa shape index (κ2) is 9.25. The third kappa shape index (κ3) is 4.19. The van der Waals surface area contributed by atoms with Gasteiger partial charge in [-0.3, -0.25) is 0 Å². The number of oxime groups is 1. The molecular formula is C26H24N2O2. The first kappa shape index (κ1) is 19.7. The van der Waals surface area contributed by atoms with Gasteiger partial charge in [-0.15, -0.1) is 0 Å². The predicted octanol–water partition coefficient (Wildman–Crippen LogP) is 6.52. The first-order valence-electron chi connectivity index (χ1n) is 10.0. The minimum Gasteiger partial charge on any atom is -0.341 e. The maximum atomic E-state index is 5.15. The van der Waals surface area contributed by atoms with Gasteiger partial charge in [0, 0.05) is 28.4 Å². The van der Waals surface area contributed by atoms with Gasteiger partial charge >= 0.3 is 0 Å². The van der Waals surface area contributed by atoms with Gasteiger partial charge in [0.1, 0.15) is 12.3 Å². The number of hydrogen-bond donors (Lipinski definition) is 0. The average Bonchev–Trinajstić information content (AvgIpc) is 3.12. The zero-order chi connectivity index (χ0) is 20.8. The number of fused-ring (bicyclic) bond motifs is 3. The van der Waals surface area contributed by atoms with E-state index in [1.807, 2.05) is 42.5 Å². The Labute approximate surface area is 176 Å². The highest BCUT2D eigenvalue weighted by Gasteiger charge is 2.08. The van der Waals surface area contributed by atoms with Crippen LogP contribution in [0.25, 0.3) is 27.9 Å². The lowest BCUT2D eigenvalue weighted by atomic mass is 10.1. The molecule has 0 aliphatic heterocycles. The van der Waals surface area contributed by atoms with Crippen LogP contribution in [0.4, 0.5) is 0 Å². The topological polar surface area (TPSA) is 35.8 Å². The number of aromatic nitrogens is 1. The van der Waals surface area contributed by atoms with Crippen LogP contribution >= 0.6 is 0 Å². The molecule has 0 radical (unpaired) electrons. The molecule has 4 aromatic rings. The quantitative estimate of drug-likeness (QED) is 0.147. The fraction of sp³-hybridized carbons (Fsp3) is 0.115. The van der Waals surface area contributed by atoms with Crippen LogP contribution in [-0.4, -0.2) is 10.3 Å². The Morgan fingerprint density at radius 1 is 0.967 bits per heavy atom. The van der Waals surface area contributed by atoms with E-state index in [-0.39, 0.29) is 0 Å². The van der Waals surface area contributed by atoms with Crippen LogP contribution in [0.5, 0.6) is 0 Å². The maximum Gasteiger partial charge on any atom is 0.122 e. The molecule has 4 rings (SSSR count). The van der Waals surface area contributed by atoms with E-state index in [0.717, 1.165) is 17.7 Å². The van der Waals surface area contributed by atoms with Crippen molar-refractivity contribution in [1.82, 2.24) is 4.57 Å². The highest BCUT2D eigenvalue weighted by molar-refractivity contribution is 6.09. The van der Waals surface area contributed by atoms with Crippen LogP contribution in [-0.2, 0) is 23.0 Å². The Bertz CT molecular complexity index is 1220. The van der Waals surface area contributed by atoms with Crippen molar-refractivity contribution in [1.29, 1.82) is 0 Å². The summed E-state index contributed by atoms with van der Waals surface area (Å²) in [6, 6.07) is 24.8. The van der Waals surface area contributed by atoms with Crippen LogP contribution < -0.4 is 0 Å². The molecule has 0 saturated heterocycles. The zero-order valence-electron chi connectivity index (χ0n) is 17.0. The minimum atomic E-state index is 0.330. The van der Waals surface area contributed by atoms with Gasteiger partial charge in [0.05, 0.1) is 0 Å². The van der Waals surface area contributed by atoms with E-state index in [2.05, 4.69) is 65.7 Å². The summed E-state index contributed by atoms with van der Waals surface area (Å²) in [5.41, 5.74) is 5.18. The summed E-state index contributed by atoms with van der Waals surface area (Å²) in [6.45, 7) is 7.23. The standard InChI is InChI=1S/C26H24N2O2/c1-3-22(27-30-29-19-21-10-6-5-7-11-21)16-14-20-15-17-26-24(18-20)23-12-8-9-13-25(23)28(26)4-2/h3,5-18H,1,4,19H2,2H3. The fourth-order valence-corrected chi connectivity index (χ4v) is 3.57. The van der Waals surface area contributed by atoms with E-state index in [4.69, 9.17) is 9.88 Å². The SMILES string of the molecule is C=CC(C=Cc1ccc2c(c1)c1ccccc1n2CC)=NOOCc1ccccc1. The van der Waals surface area contributed by atoms with Gasteiger partial charge < -0.3 is 4.57 Å². The first-order valence-corrected chi connectivity index (χ1v) is 10.0. The molecule has 1 heterocycles. The molecule has 0 aliphatic rings. The zero-order valence-corrected chi connectivity index (χ0v) is 17.0. The van der Waals surface area contributed by atoms with Crippen LogP contribution in [0.15, 0.2) is 96.7 Å². The van der Waals surface area contributed by atoms with E-state index in [1.165, 1.54) is 21.8 Å². The molecule has 3 aromatic carbocycles. The van der Waals surface area contributed by atoms with E-state index in [1.54, 1.807) is 6.08 Å². The van der Waals surface area contributed by atoms with Gasteiger partial charge in [-0.2, -0.15) is 4.89 Å². The lowest BCUT2D eigenvalue weighted by molar-refractivity contribution is -0.305. The number of nitrogens with zero attached hydrogens (tertiary/aromatic N) is 2. The third-order valence-corrected chi connectivity index (χ3v) is 5.03. The molecule has 0 fully saturated rings. The Morgan fingerprint density at radius 2 is 1.73 bits per heavy atom. The van der Waals surface area contributed by atoms with Crippen LogP contribution in [0.1, 0.15) is 18.1 Å².